The van der Waals surface area contributed by atoms with Gasteiger partial charge in [0, 0.05) is 11.6 Å². The molecule has 0 fully saturated rings. The Labute approximate surface area is 173 Å². The molecular weight excluding hydrogens is 398 g/mol. The quantitative estimate of drug-likeness (QED) is 0.475. The number of rotatable bonds is 8. The number of halogens is 1. The molecule has 0 N–H and O–H groups in total. The summed E-state index contributed by atoms with van der Waals surface area (Å²) in [5.41, 5.74) is 0.659. The minimum atomic E-state index is -0.0240. The van der Waals surface area contributed by atoms with Crippen LogP contribution < -0.4 is 33.1 Å². The van der Waals surface area contributed by atoms with Crippen molar-refractivity contribution in [2.75, 3.05) is 27.5 Å². The van der Waals surface area contributed by atoms with E-state index in [1.165, 1.54) is 7.11 Å². The zero-order chi connectivity index (χ0) is 18.5. The van der Waals surface area contributed by atoms with Crippen LogP contribution in [0.5, 0.6) is 17.2 Å². The van der Waals surface area contributed by atoms with E-state index in [-0.39, 0.29) is 29.8 Å². The van der Waals surface area contributed by atoms with Gasteiger partial charge in [0.15, 0.2) is 11.5 Å². The van der Waals surface area contributed by atoms with Crippen LogP contribution in [-0.4, -0.2) is 33.0 Å². The normalized spacial score (nSPS) is 12.6. The predicted octanol–water partition coefficient (Wildman–Crippen LogP) is 2.64. The van der Waals surface area contributed by atoms with E-state index in [0.717, 1.165) is 21.2 Å². The largest absolute Gasteiger partial charge is 1.00 e. The maximum Gasteiger partial charge on any atom is 1.00 e. The molecule has 0 radical (unpaired) electrons. The summed E-state index contributed by atoms with van der Waals surface area (Å²) in [6, 6.07) is 1.74. The minimum absolute atomic E-state index is 0. The summed E-state index contributed by atoms with van der Waals surface area (Å²) in [5.74, 6) is 1.86. The van der Waals surface area contributed by atoms with Gasteiger partial charge in [-0.05, 0) is 27.8 Å². The first-order valence-corrected chi connectivity index (χ1v) is 9.72. The van der Waals surface area contributed by atoms with Gasteiger partial charge in [0.2, 0.25) is 0 Å². The number of methoxy groups -OCH3 is 3. The van der Waals surface area contributed by atoms with Crippen LogP contribution >= 0.6 is 24.5 Å². The fraction of sp³-hybridized carbons (Fsp3) is 0.611. The van der Waals surface area contributed by atoms with E-state index in [0.29, 0.717) is 33.2 Å². The molecule has 0 bridgehead atoms. The summed E-state index contributed by atoms with van der Waals surface area (Å²) in [4.78, 5) is 12.8. The Balaban J connectivity index is 0.00000576. The third-order valence-electron chi connectivity index (χ3n) is 3.50. The summed E-state index contributed by atoms with van der Waals surface area (Å²) in [5, 5.41) is 0. The summed E-state index contributed by atoms with van der Waals surface area (Å²) in [7, 11) is 5.35. The molecule has 0 aromatic heterocycles. The van der Waals surface area contributed by atoms with Crippen LogP contribution in [0.2, 0.25) is 0 Å². The van der Waals surface area contributed by atoms with Crippen molar-refractivity contribution in [1.82, 2.24) is 0 Å². The number of benzene rings is 1. The van der Waals surface area contributed by atoms with Gasteiger partial charge in [0.25, 0.3) is 0 Å². The molecule has 1 aromatic carbocycles. The predicted molar refractivity (Wildman–Crippen MR) is 103 cm³/mol. The number of carbonyl (C=O) groups excluding carboxylic acids is 1. The van der Waals surface area contributed by atoms with Crippen molar-refractivity contribution in [2.45, 2.75) is 34.1 Å². The fourth-order valence-corrected chi connectivity index (χ4v) is 4.30. The van der Waals surface area contributed by atoms with Gasteiger partial charge in [-0.15, -0.1) is 0 Å². The van der Waals surface area contributed by atoms with E-state index in [1.54, 1.807) is 20.3 Å². The van der Waals surface area contributed by atoms with Crippen LogP contribution in [0.15, 0.2) is 10.5 Å². The van der Waals surface area contributed by atoms with Crippen molar-refractivity contribution in [3.8, 4) is 17.2 Å². The maximum absolute atomic E-state index is 12.8. The van der Waals surface area contributed by atoms with E-state index in [4.69, 9.17) is 14.2 Å². The molecule has 1 rings (SSSR count). The van der Waals surface area contributed by atoms with E-state index >= 15 is 0 Å². The molecule has 25 heavy (non-hydrogen) atoms. The Hall–Kier alpha value is -0.203. The SMILES string of the molecule is COc1cc(Br)c(OC)c(C(=O)[P-]CC(C)CC(C)(C)C)c1OC.[Li+]. The Morgan fingerprint density at radius 2 is 1.72 bits per heavy atom. The number of ether oxygens (including phenoxy) is 3. The standard InChI is InChI=1S/C18H27BrO4P.Li/c1-11(9-18(2,3)4)10-24-17(20)14-15(22-6)12(19)8-13(21-5)16(14)23-7;/h8,11H,9-10H2,1-7H3;/q-1;+1. The van der Waals surface area contributed by atoms with Gasteiger partial charge < -0.3 is 27.6 Å². The van der Waals surface area contributed by atoms with Crippen LogP contribution in [0, 0.1) is 11.3 Å². The first-order chi connectivity index (χ1) is 11.1. The van der Waals surface area contributed by atoms with Crippen LogP contribution in [0.4, 0.5) is 0 Å². The average Bonchev–Trinajstić information content (AvgIpc) is 2.49. The fourth-order valence-electron chi connectivity index (χ4n) is 2.77. The molecule has 0 amide bonds. The van der Waals surface area contributed by atoms with E-state index in [2.05, 4.69) is 43.6 Å². The number of hydrogen-bond donors (Lipinski definition) is 0. The van der Waals surface area contributed by atoms with E-state index in [9.17, 15) is 4.79 Å². The summed E-state index contributed by atoms with van der Waals surface area (Å²) < 4.78 is 16.8. The Morgan fingerprint density at radius 1 is 1.16 bits per heavy atom. The Morgan fingerprint density at radius 3 is 2.16 bits per heavy atom. The summed E-state index contributed by atoms with van der Waals surface area (Å²) >= 11 is 3.43. The Bertz CT molecular complexity index is 587. The molecule has 4 nitrogen and oxygen atoms in total. The molecule has 1 unspecified atom stereocenters. The van der Waals surface area contributed by atoms with Gasteiger partial charge in [-0.1, -0.05) is 33.6 Å². The maximum atomic E-state index is 12.8. The molecule has 0 aliphatic heterocycles. The summed E-state index contributed by atoms with van der Waals surface area (Å²) in [6.07, 6.45) is 1.88. The molecule has 0 aliphatic carbocycles. The molecule has 0 spiro atoms. The van der Waals surface area contributed by atoms with Crippen molar-refractivity contribution < 1.29 is 37.9 Å². The monoisotopic (exact) mass is 424 g/mol. The molecule has 1 aromatic rings. The van der Waals surface area contributed by atoms with Crippen molar-refractivity contribution in [3.05, 3.63) is 16.1 Å². The van der Waals surface area contributed by atoms with Crippen molar-refractivity contribution in [1.29, 1.82) is 0 Å². The zero-order valence-electron chi connectivity index (χ0n) is 16.5. The van der Waals surface area contributed by atoms with Crippen molar-refractivity contribution >= 4 is 30.0 Å². The van der Waals surface area contributed by atoms with E-state index < -0.39 is 0 Å². The van der Waals surface area contributed by atoms with Gasteiger partial charge in [-0.25, -0.2) is 0 Å². The van der Waals surface area contributed by atoms with Crippen LogP contribution in [0.1, 0.15) is 44.5 Å². The molecule has 0 saturated heterocycles. The van der Waals surface area contributed by atoms with Crippen LogP contribution in [0.25, 0.3) is 0 Å². The minimum Gasteiger partial charge on any atom is -0.495 e. The molecule has 136 valence electrons. The molecule has 0 aliphatic rings. The zero-order valence-corrected chi connectivity index (χ0v) is 19.0. The molecular formula is C18H27BrLiO4P. The van der Waals surface area contributed by atoms with E-state index in [1.807, 2.05) is 0 Å². The third kappa shape index (κ3) is 7.14. The number of hydrogen-bond acceptors (Lipinski definition) is 4. The van der Waals surface area contributed by atoms with Gasteiger partial charge in [-0.3, -0.25) is 0 Å². The van der Waals surface area contributed by atoms with Gasteiger partial charge >= 0.3 is 18.9 Å². The smallest absolute Gasteiger partial charge is 0.495 e. The van der Waals surface area contributed by atoms with Crippen LogP contribution in [-0.2, 0) is 0 Å². The average molecular weight is 425 g/mol. The van der Waals surface area contributed by atoms with Gasteiger partial charge in [0.1, 0.15) is 5.75 Å². The van der Waals surface area contributed by atoms with Crippen molar-refractivity contribution in [3.63, 3.8) is 0 Å². The molecule has 7 heteroatoms. The second-order valence-corrected chi connectivity index (χ2v) is 8.96. The topological polar surface area (TPSA) is 44.8 Å². The van der Waals surface area contributed by atoms with Gasteiger partial charge in [0.05, 0.1) is 31.4 Å². The molecule has 1 atom stereocenters. The summed E-state index contributed by atoms with van der Waals surface area (Å²) in [6.45, 7) is 8.83. The number of carbonyl (C=O) groups is 1. The van der Waals surface area contributed by atoms with Gasteiger partial charge in [-0.2, -0.15) is 6.16 Å². The first-order valence-electron chi connectivity index (χ1n) is 7.84. The third-order valence-corrected chi connectivity index (χ3v) is 5.41. The van der Waals surface area contributed by atoms with Crippen molar-refractivity contribution in [2.24, 2.45) is 11.3 Å². The second-order valence-electron chi connectivity index (χ2n) is 7.02. The Kier molecular flexibility index (Phi) is 10.7. The first kappa shape index (κ1) is 24.8. The van der Waals surface area contributed by atoms with Crippen LogP contribution in [0.3, 0.4) is 0 Å². The molecule has 0 heterocycles. The second kappa shape index (κ2) is 10.8. The molecule has 0 saturated carbocycles.